The molecule has 2 atom stereocenters. The second-order valence-corrected chi connectivity index (χ2v) is 5.41. The van der Waals surface area contributed by atoms with Crippen LogP contribution in [0, 0.1) is 0 Å². The monoisotopic (exact) mass is 292 g/mol. The number of hydrogen-bond donors (Lipinski definition) is 1. The van der Waals surface area contributed by atoms with Crippen LogP contribution in [-0.2, 0) is 15.9 Å². The van der Waals surface area contributed by atoms with Gasteiger partial charge in [-0.05, 0) is 51.3 Å². The van der Waals surface area contributed by atoms with Gasteiger partial charge in [-0.3, -0.25) is 4.98 Å². The van der Waals surface area contributed by atoms with Crippen molar-refractivity contribution in [3.8, 4) is 0 Å². The lowest BCUT2D eigenvalue weighted by Crippen LogP contribution is -2.48. The van der Waals surface area contributed by atoms with Crippen LogP contribution in [0.5, 0.6) is 0 Å². The molecule has 2 unspecified atom stereocenters. The van der Waals surface area contributed by atoms with Gasteiger partial charge in [-0.15, -0.1) is 0 Å². The molecule has 1 aliphatic carbocycles. The van der Waals surface area contributed by atoms with E-state index in [4.69, 9.17) is 9.47 Å². The molecule has 4 heteroatoms. The van der Waals surface area contributed by atoms with E-state index in [2.05, 4.69) is 23.3 Å². The molecular formula is C17H28N2O2. The lowest BCUT2D eigenvalue weighted by molar-refractivity contribution is -0.158. The number of likely N-dealkylation sites (N-methyl/N-ethyl adjacent to an activating group) is 1. The number of nitrogens with one attached hydrogen (secondary N) is 1. The number of fused-ring (bicyclic) bond motifs is 1. The van der Waals surface area contributed by atoms with Crippen LogP contribution in [0.25, 0.3) is 0 Å². The summed E-state index contributed by atoms with van der Waals surface area (Å²) >= 11 is 0. The van der Waals surface area contributed by atoms with Crippen LogP contribution in [0.2, 0.25) is 0 Å². The summed E-state index contributed by atoms with van der Waals surface area (Å²) in [4.78, 5) is 4.66. The van der Waals surface area contributed by atoms with Crippen molar-refractivity contribution >= 4 is 0 Å². The maximum Gasteiger partial charge on any atom is 0.173 e. The van der Waals surface area contributed by atoms with Crippen molar-refractivity contribution in [2.75, 3.05) is 19.8 Å². The molecule has 0 amide bonds. The van der Waals surface area contributed by atoms with E-state index in [1.807, 2.05) is 26.1 Å². The van der Waals surface area contributed by atoms with E-state index in [1.54, 1.807) is 0 Å². The molecule has 0 aliphatic heterocycles. The molecule has 1 aromatic rings. The molecule has 1 N–H and O–H groups in total. The summed E-state index contributed by atoms with van der Waals surface area (Å²) in [6, 6.07) is 4.39. The van der Waals surface area contributed by atoms with E-state index in [0.29, 0.717) is 19.1 Å². The van der Waals surface area contributed by atoms with Gasteiger partial charge in [-0.1, -0.05) is 13.0 Å². The van der Waals surface area contributed by atoms with Gasteiger partial charge in [0.15, 0.2) is 6.29 Å². The first-order chi connectivity index (χ1) is 10.3. The number of aryl methyl sites for hydroxylation is 1. The molecule has 0 bridgehead atoms. The van der Waals surface area contributed by atoms with Crippen LogP contribution >= 0.6 is 0 Å². The first-order valence-electron chi connectivity index (χ1n) is 8.22. The fraction of sp³-hybridized carbons (Fsp3) is 0.706. The minimum Gasteiger partial charge on any atom is -0.351 e. The highest BCUT2D eigenvalue weighted by Crippen LogP contribution is 2.34. The first kappa shape index (κ1) is 16.4. The minimum absolute atomic E-state index is 0.156. The quantitative estimate of drug-likeness (QED) is 0.748. The third kappa shape index (κ3) is 4.02. The Morgan fingerprint density at radius 2 is 2.05 bits per heavy atom. The van der Waals surface area contributed by atoms with E-state index >= 15 is 0 Å². The highest BCUT2D eigenvalue weighted by Gasteiger charge is 2.34. The van der Waals surface area contributed by atoms with Gasteiger partial charge in [0.05, 0.1) is 6.04 Å². The van der Waals surface area contributed by atoms with Crippen LogP contribution in [0.1, 0.15) is 50.8 Å². The van der Waals surface area contributed by atoms with E-state index in [9.17, 15) is 0 Å². The van der Waals surface area contributed by atoms with E-state index in [-0.39, 0.29) is 12.3 Å². The minimum atomic E-state index is -0.210. The predicted octanol–water partition coefficient (Wildman–Crippen LogP) is 2.88. The summed E-state index contributed by atoms with van der Waals surface area (Å²) in [6.45, 7) is 8.39. The van der Waals surface area contributed by atoms with Crippen molar-refractivity contribution in [2.45, 2.75) is 58.3 Å². The summed E-state index contributed by atoms with van der Waals surface area (Å²) < 4.78 is 11.7. The van der Waals surface area contributed by atoms with Crippen LogP contribution in [0.4, 0.5) is 0 Å². The zero-order chi connectivity index (χ0) is 15.1. The SMILES string of the molecule is CCNC(C(OCC)OCC)C1CCCc2cccnc21. The molecule has 21 heavy (non-hydrogen) atoms. The third-order valence-corrected chi connectivity index (χ3v) is 4.07. The Kier molecular flexibility index (Phi) is 6.61. The Hall–Kier alpha value is -0.970. The molecule has 2 rings (SSSR count). The van der Waals surface area contributed by atoms with Gasteiger partial charge in [-0.25, -0.2) is 0 Å². The maximum absolute atomic E-state index is 5.85. The van der Waals surface area contributed by atoms with Crippen molar-refractivity contribution in [1.82, 2.24) is 10.3 Å². The molecular weight excluding hydrogens is 264 g/mol. The molecule has 0 aromatic carbocycles. The summed E-state index contributed by atoms with van der Waals surface area (Å²) in [5.74, 6) is 0.359. The number of aromatic nitrogens is 1. The van der Waals surface area contributed by atoms with Crippen LogP contribution in [0.3, 0.4) is 0 Å². The van der Waals surface area contributed by atoms with Gasteiger partial charge in [0, 0.05) is 31.0 Å². The average molecular weight is 292 g/mol. The Morgan fingerprint density at radius 3 is 2.71 bits per heavy atom. The number of pyridine rings is 1. The van der Waals surface area contributed by atoms with E-state index in [0.717, 1.165) is 19.4 Å². The molecule has 0 fully saturated rings. The standard InChI is InChI=1S/C17H28N2O2/c1-4-18-16(17(20-5-2)21-6-3)14-11-7-9-13-10-8-12-19-15(13)14/h8,10,12,14,16-18H,4-7,9,11H2,1-3H3. The second-order valence-electron chi connectivity index (χ2n) is 5.41. The lowest BCUT2D eigenvalue weighted by Gasteiger charge is -2.36. The van der Waals surface area contributed by atoms with Crippen molar-refractivity contribution in [2.24, 2.45) is 0 Å². The second kappa shape index (κ2) is 8.47. The zero-order valence-corrected chi connectivity index (χ0v) is 13.5. The van der Waals surface area contributed by atoms with Gasteiger partial charge < -0.3 is 14.8 Å². The van der Waals surface area contributed by atoms with E-state index in [1.165, 1.54) is 17.7 Å². The Labute approximate surface area is 128 Å². The molecule has 0 radical (unpaired) electrons. The Bertz CT molecular complexity index is 419. The summed E-state index contributed by atoms with van der Waals surface area (Å²) in [6.07, 6.45) is 5.16. The maximum atomic E-state index is 5.85. The van der Waals surface area contributed by atoms with Gasteiger partial charge in [-0.2, -0.15) is 0 Å². The van der Waals surface area contributed by atoms with Crippen LogP contribution in [-0.4, -0.2) is 37.1 Å². The fourth-order valence-corrected chi connectivity index (χ4v) is 3.24. The Balaban J connectivity index is 2.25. The lowest BCUT2D eigenvalue weighted by atomic mass is 9.81. The topological polar surface area (TPSA) is 43.4 Å². The van der Waals surface area contributed by atoms with E-state index < -0.39 is 0 Å². The van der Waals surface area contributed by atoms with Gasteiger partial charge in [0.1, 0.15) is 0 Å². The average Bonchev–Trinajstić information content (AvgIpc) is 2.52. The molecule has 0 saturated carbocycles. The van der Waals surface area contributed by atoms with Crippen molar-refractivity contribution in [3.05, 3.63) is 29.6 Å². The summed E-state index contributed by atoms with van der Waals surface area (Å²) in [5, 5.41) is 3.57. The number of ether oxygens (including phenoxy) is 2. The molecule has 1 heterocycles. The highest BCUT2D eigenvalue weighted by atomic mass is 16.7. The molecule has 118 valence electrons. The number of rotatable bonds is 8. The van der Waals surface area contributed by atoms with Crippen molar-refractivity contribution in [3.63, 3.8) is 0 Å². The molecule has 1 aliphatic rings. The normalized spacial score (nSPS) is 19.5. The fourth-order valence-electron chi connectivity index (χ4n) is 3.24. The van der Waals surface area contributed by atoms with Gasteiger partial charge >= 0.3 is 0 Å². The van der Waals surface area contributed by atoms with Crippen molar-refractivity contribution < 1.29 is 9.47 Å². The number of hydrogen-bond acceptors (Lipinski definition) is 4. The zero-order valence-electron chi connectivity index (χ0n) is 13.5. The smallest absolute Gasteiger partial charge is 0.173 e. The van der Waals surface area contributed by atoms with Gasteiger partial charge in [0.25, 0.3) is 0 Å². The largest absolute Gasteiger partial charge is 0.351 e. The number of nitrogens with zero attached hydrogens (tertiary/aromatic N) is 1. The van der Waals surface area contributed by atoms with Crippen LogP contribution in [0.15, 0.2) is 18.3 Å². The van der Waals surface area contributed by atoms with Crippen LogP contribution < -0.4 is 5.32 Å². The summed E-state index contributed by atoms with van der Waals surface area (Å²) in [5.41, 5.74) is 2.60. The molecule has 0 saturated heterocycles. The van der Waals surface area contributed by atoms with Crippen molar-refractivity contribution in [1.29, 1.82) is 0 Å². The van der Waals surface area contributed by atoms with Gasteiger partial charge in [0.2, 0.25) is 0 Å². The first-order valence-corrected chi connectivity index (χ1v) is 8.22. The Morgan fingerprint density at radius 1 is 1.29 bits per heavy atom. The highest BCUT2D eigenvalue weighted by molar-refractivity contribution is 5.27. The predicted molar refractivity (Wildman–Crippen MR) is 84.4 cm³/mol. The summed E-state index contributed by atoms with van der Waals surface area (Å²) in [7, 11) is 0. The molecule has 1 aromatic heterocycles. The third-order valence-electron chi connectivity index (χ3n) is 4.07. The molecule has 0 spiro atoms. The molecule has 4 nitrogen and oxygen atoms in total.